The van der Waals surface area contributed by atoms with Gasteiger partial charge in [-0.25, -0.2) is 0 Å². The lowest BCUT2D eigenvalue weighted by atomic mass is 10.3. The van der Waals surface area contributed by atoms with Crippen LogP contribution in [0.5, 0.6) is 0 Å². The second-order valence-electron chi connectivity index (χ2n) is 4.61. The topological polar surface area (TPSA) is 103 Å². The summed E-state index contributed by atoms with van der Waals surface area (Å²) in [5.41, 5.74) is 0.510. The maximum Gasteiger partial charge on any atom is 0.294 e. The smallest absolute Gasteiger partial charge is 0.294 e. The first-order valence-electron chi connectivity index (χ1n) is 6.77. The molecule has 1 atom stereocenters. The van der Waals surface area contributed by atoms with Gasteiger partial charge in [-0.15, -0.1) is 10.2 Å². The number of hydrogen-bond donors (Lipinski definition) is 2. The molecular weight excluding hydrogens is 302 g/mol. The van der Waals surface area contributed by atoms with Crippen molar-refractivity contribution < 1.29 is 4.79 Å². The lowest BCUT2D eigenvalue weighted by Gasteiger charge is -2.15. The monoisotopic (exact) mass is 319 g/mol. The van der Waals surface area contributed by atoms with Crippen molar-refractivity contribution >= 4 is 23.4 Å². The molecule has 0 bridgehead atoms. The Morgan fingerprint density at radius 1 is 1.36 bits per heavy atom. The van der Waals surface area contributed by atoms with E-state index in [0.717, 1.165) is 16.4 Å². The minimum absolute atomic E-state index is 0.173. The van der Waals surface area contributed by atoms with Crippen LogP contribution in [0.15, 0.2) is 40.3 Å². The molecule has 116 valence electrons. The second kappa shape index (κ2) is 7.08. The molecule has 0 saturated carbocycles. The van der Waals surface area contributed by atoms with Crippen molar-refractivity contribution in [3.8, 4) is 0 Å². The third-order valence-electron chi connectivity index (χ3n) is 2.97. The van der Waals surface area contributed by atoms with Crippen LogP contribution in [-0.4, -0.2) is 26.0 Å². The quantitative estimate of drug-likeness (QED) is 0.633. The number of amides is 1. The molecule has 0 aliphatic heterocycles. The highest BCUT2D eigenvalue weighted by Crippen LogP contribution is 2.23. The van der Waals surface area contributed by atoms with Crippen LogP contribution in [-0.2, 0) is 4.79 Å². The molecule has 0 spiro atoms. The van der Waals surface area contributed by atoms with Crippen molar-refractivity contribution in [3.05, 3.63) is 46.4 Å². The third kappa shape index (κ3) is 3.64. The molecule has 3 N–H and O–H groups in total. The predicted octanol–water partition coefficient (Wildman–Crippen LogP) is 1.17. The maximum absolute atomic E-state index is 12.3. The first kappa shape index (κ1) is 16.0. The molecule has 8 heteroatoms. The van der Waals surface area contributed by atoms with E-state index in [1.807, 2.05) is 25.1 Å². The Kier molecular flexibility index (Phi) is 5.16. The van der Waals surface area contributed by atoms with Crippen LogP contribution in [0.1, 0.15) is 19.0 Å². The molecule has 0 radical (unpaired) electrons. The molecule has 2 rings (SSSR count). The molecule has 2 aromatic rings. The van der Waals surface area contributed by atoms with Gasteiger partial charge in [0.1, 0.15) is 5.69 Å². The Labute approximate surface area is 131 Å². The number of benzene rings is 1. The number of thioether (sulfide) groups is 1. The summed E-state index contributed by atoms with van der Waals surface area (Å²) in [6.07, 6.45) is 0.563. The number of aryl methyl sites for hydroxylation is 1. The van der Waals surface area contributed by atoms with Crippen LogP contribution < -0.4 is 16.7 Å². The molecule has 0 aliphatic rings. The van der Waals surface area contributed by atoms with Gasteiger partial charge in [0.15, 0.2) is 0 Å². The summed E-state index contributed by atoms with van der Waals surface area (Å²) in [6, 6.07) is 9.16. The first-order valence-corrected chi connectivity index (χ1v) is 7.65. The Morgan fingerprint density at radius 2 is 2.05 bits per heavy atom. The van der Waals surface area contributed by atoms with Crippen LogP contribution in [0, 0.1) is 6.92 Å². The zero-order valence-corrected chi connectivity index (χ0v) is 13.1. The van der Waals surface area contributed by atoms with Crippen molar-refractivity contribution in [1.82, 2.24) is 14.9 Å². The van der Waals surface area contributed by atoms with Gasteiger partial charge in [0.2, 0.25) is 11.1 Å². The number of nitrogens with zero attached hydrogens (tertiary/aromatic N) is 3. The summed E-state index contributed by atoms with van der Waals surface area (Å²) in [5, 5.41) is 10.3. The van der Waals surface area contributed by atoms with Crippen LogP contribution >= 0.6 is 11.8 Å². The number of nitrogen functional groups attached to an aromatic ring is 1. The van der Waals surface area contributed by atoms with Crippen LogP contribution in [0.25, 0.3) is 0 Å². The highest BCUT2D eigenvalue weighted by molar-refractivity contribution is 8.00. The van der Waals surface area contributed by atoms with Crippen molar-refractivity contribution in [2.75, 3.05) is 11.2 Å². The van der Waals surface area contributed by atoms with Crippen LogP contribution in [0.4, 0.5) is 5.69 Å². The van der Waals surface area contributed by atoms with E-state index >= 15 is 0 Å². The van der Waals surface area contributed by atoms with Gasteiger partial charge in [-0.1, -0.05) is 36.9 Å². The fourth-order valence-electron chi connectivity index (χ4n) is 1.74. The number of carbonyl (C=O) groups is 1. The van der Waals surface area contributed by atoms with Gasteiger partial charge in [0.25, 0.3) is 5.56 Å². The normalized spacial score (nSPS) is 11.9. The summed E-state index contributed by atoms with van der Waals surface area (Å²) in [7, 11) is 0. The maximum atomic E-state index is 12.3. The predicted molar refractivity (Wildman–Crippen MR) is 86.2 cm³/mol. The van der Waals surface area contributed by atoms with E-state index in [0.29, 0.717) is 12.1 Å². The number of nitrogens with one attached hydrogen (secondary N) is 1. The third-order valence-corrected chi connectivity index (χ3v) is 4.29. The van der Waals surface area contributed by atoms with E-state index in [1.54, 1.807) is 12.1 Å². The zero-order valence-electron chi connectivity index (χ0n) is 12.3. The standard InChI is InChI=1S/C14H17N5O2S/c1-3-11(12(20)16-10-7-5-4-6-8-10)22-14-18-17-9(2)13(21)19(14)15/h4-8,11H,3,15H2,1-2H3,(H,16,20). The van der Waals surface area contributed by atoms with E-state index in [1.165, 1.54) is 6.92 Å². The molecule has 0 saturated heterocycles. The Bertz CT molecular complexity index is 717. The van der Waals surface area contributed by atoms with Gasteiger partial charge < -0.3 is 11.2 Å². The minimum atomic E-state index is -0.425. The molecule has 1 amide bonds. The zero-order chi connectivity index (χ0) is 16.1. The van der Waals surface area contributed by atoms with E-state index in [9.17, 15) is 9.59 Å². The fraction of sp³-hybridized carbons (Fsp3) is 0.286. The Hall–Kier alpha value is -2.35. The average Bonchev–Trinajstić information content (AvgIpc) is 2.53. The molecular formula is C14H17N5O2S. The van der Waals surface area contributed by atoms with Crippen molar-refractivity contribution in [2.45, 2.75) is 30.7 Å². The second-order valence-corrected chi connectivity index (χ2v) is 5.78. The average molecular weight is 319 g/mol. The number of aromatic nitrogens is 3. The molecule has 1 heterocycles. The fourth-order valence-corrected chi connectivity index (χ4v) is 2.62. The van der Waals surface area contributed by atoms with Crippen molar-refractivity contribution in [2.24, 2.45) is 0 Å². The molecule has 1 aromatic heterocycles. The lowest BCUT2D eigenvalue weighted by molar-refractivity contribution is -0.115. The number of para-hydroxylation sites is 1. The number of anilines is 1. The molecule has 7 nitrogen and oxygen atoms in total. The minimum Gasteiger partial charge on any atom is -0.334 e. The molecule has 0 aliphatic carbocycles. The SMILES string of the molecule is CCC(Sc1nnc(C)c(=O)n1N)C(=O)Nc1ccccc1. The summed E-state index contributed by atoms with van der Waals surface area (Å²) in [4.78, 5) is 24.0. The molecule has 0 fully saturated rings. The number of carbonyl (C=O) groups excluding carboxylic acids is 1. The summed E-state index contributed by atoms with van der Waals surface area (Å²) in [5.74, 6) is 5.52. The van der Waals surface area contributed by atoms with Gasteiger partial charge in [0, 0.05) is 5.69 Å². The summed E-state index contributed by atoms with van der Waals surface area (Å²) in [6.45, 7) is 3.41. The van der Waals surface area contributed by atoms with Gasteiger partial charge in [0.05, 0.1) is 5.25 Å². The number of hydrogen-bond acceptors (Lipinski definition) is 6. The number of nitrogens with two attached hydrogens (primary N) is 1. The first-order chi connectivity index (χ1) is 10.5. The van der Waals surface area contributed by atoms with E-state index in [2.05, 4.69) is 15.5 Å². The van der Waals surface area contributed by atoms with E-state index in [-0.39, 0.29) is 16.8 Å². The summed E-state index contributed by atoms with van der Waals surface area (Å²) >= 11 is 1.12. The Morgan fingerprint density at radius 3 is 2.68 bits per heavy atom. The van der Waals surface area contributed by atoms with Crippen molar-refractivity contribution in [3.63, 3.8) is 0 Å². The number of rotatable bonds is 5. The van der Waals surface area contributed by atoms with Gasteiger partial charge >= 0.3 is 0 Å². The Balaban J connectivity index is 2.14. The van der Waals surface area contributed by atoms with Gasteiger partial charge in [-0.05, 0) is 25.5 Å². The molecule has 1 unspecified atom stereocenters. The van der Waals surface area contributed by atoms with E-state index < -0.39 is 10.8 Å². The highest BCUT2D eigenvalue weighted by Gasteiger charge is 2.21. The lowest BCUT2D eigenvalue weighted by Crippen LogP contribution is -2.34. The molecule has 22 heavy (non-hydrogen) atoms. The largest absolute Gasteiger partial charge is 0.334 e. The van der Waals surface area contributed by atoms with Crippen LogP contribution in [0.2, 0.25) is 0 Å². The van der Waals surface area contributed by atoms with E-state index in [4.69, 9.17) is 5.84 Å². The summed E-state index contributed by atoms with van der Waals surface area (Å²) < 4.78 is 0.922. The van der Waals surface area contributed by atoms with Gasteiger partial charge in [-0.3, -0.25) is 9.59 Å². The highest BCUT2D eigenvalue weighted by atomic mass is 32.2. The van der Waals surface area contributed by atoms with Crippen LogP contribution in [0.3, 0.4) is 0 Å². The van der Waals surface area contributed by atoms with Crippen molar-refractivity contribution in [1.29, 1.82) is 0 Å². The molecule has 1 aromatic carbocycles. The van der Waals surface area contributed by atoms with Gasteiger partial charge in [-0.2, -0.15) is 4.68 Å².